The fraction of sp³-hybridized carbons (Fsp3) is 0.500. The number of nitrogens with zero attached hydrogens (tertiary/aromatic N) is 2. The monoisotopic (exact) mass is 470 g/mol. The van der Waals surface area contributed by atoms with Crippen molar-refractivity contribution in [3.63, 3.8) is 0 Å². The van der Waals surface area contributed by atoms with Gasteiger partial charge in [0, 0.05) is 25.3 Å². The molecular weight excluding hydrogens is 440 g/mol. The standard InChI is InChI=1S/C24H30N4O6/c1-4-9-25-22(29)12-16-6-7-19-21(33-16)13-32-20-8-5-15(11-17(20)24(31)28(19)3)26-23(30)18-10-14(2)34-27-18/h5,8,10-11,16,19,21H,4,6-7,9,12-13H2,1-3H3,(H,25,29)(H,26,30)/t16-,19-,21+/m0/s1. The van der Waals surface area contributed by atoms with E-state index in [9.17, 15) is 14.4 Å². The van der Waals surface area contributed by atoms with Crippen molar-refractivity contribution >= 4 is 23.4 Å². The Morgan fingerprint density at radius 1 is 1.24 bits per heavy atom. The largest absolute Gasteiger partial charge is 0.490 e. The summed E-state index contributed by atoms with van der Waals surface area (Å²) in [5.74, 6) is 0.265. The second kappa shape index (κ2) is 10.3. The molecule has 1 fully saturated rings. The number of hydrogen-bond donors (Lipinski definition) is 2. The Hall–Kier alpha value is -3.40. The molecule has 1 saturated heterocycles. The minimum atomic E-state index is -0.431. The minimum absolute atomic E-state index is 0.0257. The van der Waals surface area contributed by atoms with Crippen LogP contribution in [-0.2, 0) is 9.53 Å². The molecule has 0 saturated carbocycles. The second-order valence-corrected chi connectivity index (χ2v) is 8.71. The number of aromatic nitrogens is 1. The van der Waals surface area contributed by atoms with Gasteiger partial charge in [-0.25, -0.2) is 0 Å². The third-order valence-corrected chi connectivity index (χ3v) is 6.12. The van der Waals surface area contributed by atoms with Gasteiger partial charge in [-0.1, -0.05) is 12.1 Å². The van der Waals surface area contributed by atoms with Crippen LogP contribution in [0.15, 0.2) is 28.8 Å². The third kappa shape index (κ3) is 5.22. The SMILES string of the molecule is CCCNC(=O)C[C@@H]1CC[C@H]2[C@@H](COc3ccc(NC(=O)c4cc(C)on4)cc3C(=O)N2C)O1. The van der Waals surface area contributed by atoms with Crippen LogP contribution < -0.4 is 15.4 Å². The summed E-state index contributed by atoms with van der Waals surface area (Å²) < 4.78 is 17.1. The summed E-state index contributed by atoms with van der Waals surface area (Å²) in [6, 6.07) is 6.29. The van der Waals surface area contributed by atoms with Crippen LogP contribution in [0.3, 0.4) is 0 Å². The molecule has 0 spiro atoms. The molecule has 34 heavy (non-hydrogen) atoms. The molecule has 2 aliphatic heterocycles. The van der Waals surface area contributed by atoms with E-state index in [1.807, 2.05) is 6.92 Å². The predicted octanol–water partition coefficient (Wildman–Crippen LogP) is 2.53. The Labute approximate surface area is 197 Å². The van der Waals surface area contributed by atoms with Crippen molar-refractivity contribution in [2.24, 2.45) is 0 Å². The highest BCUT2D eigenvalue weighted by molar-refractivity contribution is 6.04. The molecule has 1 aromatic carbocycles. The van der Waals surface area contributed by atoms with E-state index in [4.69, 9.17) is 14.0 Å². The normalized spacial score (nSPS) is 22.0. The first-order valence-electron chi connectivity index (χ1n) is 11.6. The van der Waals surface area contributed by atoms with Crippen LogP contribution in [0.1, 0.15) is 59.2 Å². The molecule has 0 aliphatic carbocycles. The highest BCUT2D eigenvalue weighted by Crippen LogP contribution is 2.32. The molecule has 4 rings (SSSR count). The Bertz CT molecular complexity index is 1070. The van der Waals surface area contributed by atoms with Gasteiger partial charge in [0.05, 0.1) is 24.1 Å². The Morgan fingerprint density at radius 2 is 2.06 bits per heavy atom. The maximum absolute atomic E-state index is 13.3. The molecule has 0 radical (unpaired) electrons. The number of benzene rings is 1. The lowest BCUT2D eigenvalue weighted by Crippen LogP contribution is -2.54. The summed E-state index contributed by atoms with van der Waals surface area (Å²) in [6.07, 6.45) is 2.02. The predicted molar refractivity (Wildman–Crippen MR) is 123 cm³/mol. The fourth-order valence-corrected chi connectivity index (χ4v) is 4.32. The zero-order valence-electron chi connectivity index (χ0n) is 19.6. The Morgan fingerprint density at radius 3 is 2.79 bits per heavy atom. The van der Waals surface area contributed by atoms with E-state index in [1.54, 1.807) is 37.1 Å². The van der Waals surface area contributed by atoms with Gasteiger partial charge in [0.15, 0.2) is 5.69 Å². The van der Waals surface area contributed by atoms with Crippen LogP contribution in [0.2, 0.25) is 0 Å². The Balaban J connectivity index is 1.46. The number of rotatable bonds is 6. The highest BCUT2D eigenvalue weighted by atomic mass is 16.5. The van der Waals surface area contributed by atoms with Crippen LogP contribution in [0.4, 0.5) is 5.69 Å². The third-order valence-electron chi connectivity index (χ3n) is 6.12. The smallest absolute Gasteiger partial charge is 0.277 e. The number of fused-ring (bicyclic) bond motifs is 2. The number of ether oxygens (including phenoxy) is 2. The zero-order valence-corrected chi connectivity index (χ0v) is 19.6. The van der Waals surface area contributed by atoms with Gasteiger partial charge in [-0.3, -0.25) is 14.4 Å². The first kappa shape index (κ1) is 23.7. The van der Waals surface area contributed by atoms with E-state index in [1.165, 1.54) is 6.07 Å². The second-order valence-electron chi connectivity index (χ2n) is 8.71. The molecule has 2 N–H and O–H groups in total. The van der Waals surface area contributed by atoms with E-state index in [0.29, 0.717) is 48.6 Å². The van der Waals surface area contributed by atoms with Gasteiger partial charge in [-0.05, 0) is 44.4 Å². The molecule has 10 heteroatoms. The molecule has 3 amide bonds. The molecule has 3 atom stereocenters. The first-order valence-corrected chi connectivity index (χ1v) is 11.6. The highest BCUT2D eigenvalue weighted by Gasteiger charge is 2.39. The van der Waals surface area contributed by atoms with Gasteiger partial charge in [-0.15, -0.1) is 0 Å². The van der Waals surface area contributed by atoms with E-state index in [0.717, 1.165) is 6.42 Å². The van der Waals surface area contributed by atoms with Crippen molar-refractivity contribution in [3.8, 4) is 5.75 Å². The van der Waals surface area contributed by atoms with Gasteiger partial charge in [-0.2, -0.15) is 0 Å². The summed E-state index contributed by atoms with van der Waals surface area (Å²) >= 11 is 0. The number of carbonyl (C=O) groups excluding carboxylic acids is 3. The van der Waals surface area contributed by atoms with E-state index < -0.39 is 5.91 Å². The number of amides is 3. The average molecular weight is 471 g/mol. The number of aryl methyl sites for hydroxylation is 1. The van der Waals surface area contributed by atoms with Gasteiger partial charge < -0.3 is 29.5 Å². The van der Waals surface area contributed by atoms with Crippen LogP contribution in [0, 0.1) is 6.92 Å². The lowest BCUT2D eigenvalue weighted by Gasteiger charge is -2.42. The average Bonchev–Trinajstić information content (AvgIpc) is 3.27. The molecule has 2 aromatic rings. The summed E-state index contributed by atoms with van der Waals surface area (Å²) in [5, 5.41) is 9.33. The summed E-state index contributed by atoms with van der Waals surface area (Å²) in [5.41, 5.74) is 0.963. The van der Waals surface area contributed by atoms with Gasteiger partial charge >= 0.3 is 0 Å². The molecule has 10 nitrogen and oxygen atoms in total. The molecular formula is C24H30N4O6. The summed E-state index contributed by atoms with van der Waals surface area (Å²) in [7, 11) is 1.75. The maximum Gasteiger partial charge on any atom is 0.277 e. The fourth-order valence-electron chi connectivity index (χ4n) is 4.32. The van der Waals surface area contributed by atoms with Crippen LogP contribution >= 0.6 is 0 Å². The number of nitrogens with one attached hydrogen (secondary N) is 2. The first-order chi connectivity index (χ1) is 16.4. The molecule has 1 aromatic heterocycles. The molecule has 0 bridgehead atoms. The van der Waals surface area contributed by atoms with Crippen molar-refractivity contribution in [1.29, 1.82) is 0 Å². The number of anilines is 1. The van der Waals surface area contributed by atoms with Crippen molar-refractivity contribution in [3.05, 3.63) is 41.3 Å². The number of hydrogen-bond acceptors (Lipinski definition) is 7. The van der Waals surface area contributed by atoms with Crippen molar-refractivity contribution in [2.45, 2.75) is 57.8 Å². The van der Waals surface area contributed by atoms with Gasteiger partial charge in [0.25, 0.3) is 11.8 Å². The van der Waals surface area contributed by atoms with Crippen molar-refractivity contribution < 1.29 is 28.4 Å². The summed E-state index contributed by atoms with van der Waals surface area (Å²) in [6.45, 7) is 4.61. The topological polar surface area (TPSA) is 123 Å². The molecule has 2 aliphatic rings. The van der Waals surface area contributed by atoms with Crippen LogP contribution in [-0.4, -0.2) is 66.2 Å². The van der Waals surface area contributed by atoms with Crippen molar-refractivity contribution in [1.82, 2.24) is 15.4 Å². The number of carbonyl (C=O) groups is 3. The number of likely N-dealkylation sites (N-methyl/N-ethyl adjacent to an activating group) is 1. The molecule has 0 unspecified atom stereocenters. The molecule has 182 valence electrons. The van der Waals surface area contributed by atoms with Crippen LogP contribution in [0.5, 0.6) is 5.75 Å². The maximum atomic E-state index is 13.3. The van der Waals surface area contributed by atoms with Gasteiger partial charge in [0.2, 0.25) is 5.91 Å². The van der Waals surface area contributed by atoms with E-state index in [2.05, 4.69) is 15.8 Å². The minimum Gasteiger partial charge on any atom is -0.490 e. The zero-order chi connectivity index (χ0) is 24.2. The van der Waals surface area contributed by atoms with Crippen molar-refractivity contribution in [2.75, 3.05) is 25.5 Å². The summed E-state index contributed by atoms with van der Waals surface area (Å²) in [4.78, 5) is 39.5. The Kier molecular flexibility index (Phi) is 7.16. The lowest BCUT2D eigenvalue weighted by molar-refractivity contribution is -0.134. The van der Waals surface area contributed by atoms with Crippen LogP contribution in [0.25, 0.3) is 0 Å². The van der Waals surface area contributed by atoms with Gasteiger partial charge in [0.1, 0.15) is 24.2 Å². The quantitative estimate of drug-likeness (QED) is 0.665. The van der Waals surface area contributed by atoms with E-state index in [-0.39, 0.29) is 42.4 Å². The van der Waals surface area contributed by atoms with E-state index >= 15 is 0 Å². The lowest BCUT2D eigenvalue weighted by atomic mass is 9.94. The molecule has 3 heterocycles.